The van der Waals surface area contributed by atoms with Gasteiger partial charge in [-0.3, -0.25) is 19.9 Å². The standard InChI is InChI=1S/C43H46N4O10S/c1-6-13-54-42(51)57-36-21(3)37-38(56-19-55-37)30-27-16-53-17-28(48)43(40-24(11-12-44-43)23-9-7-8-10-25(23)45-40)18-58-39(31(30)36)33-32-29-22(14-20(2)35(52-5)34(29)49)15-26(46(32)4)41(50)47(27)33/h6-10,14,26-27,32-33,39,41,44-45,49-50H,1,11-13,15-19H2,2-5H3/t26-,27+,32+,33?,39-,41+,43+/m1/s1. The van der Waals surface area contributed by atoms with Crippen molar-refractivity contribution >= 4 is 34.6 Å². The number of para-hydroxylation sites is 1. The molecule has 7 atom stereocenters. The number of aryl methyl sites for hydroxylation is 1. The molecule has 7 aliphatic heterocycles. The third-order valence-electron chi connectivity index (χ3n) is 13.1. The van der Waals surface area contributed by atoms with Crippen LogP contribution in [0.3, 0.4) is 0 Å². The molecule has 2 fully saturated rings. The zero-order valence-corrected chi connectivity index (χ0v) is 33.6. The highest BCUT2D eigenvalue weighted by atomic mass is 32.2. The number of nitrogens with zero attached hydrogens (tertiary/aromatic N) is 2. The largest absolute Gasteiger partial charge is 0.514 e. The van der Waals surface area contributed by atoms with Gasteiger partial charge in [0.2, 0.25) is 6.79 Å². The number of aromatic amines is 1. The van der Waals surface area contributed by atoms with Crippen molar-refractivity contribution in [2.24, 2.45) is 0 Å². The number of benzene rings is 3. The average Bonchev–Trinajstić information content (AvgIpc) is 3.85. The number of likely N-dealkylation sites (N-methyl/N-ethyl adjacent to an activating group) is 1. The average molecular weight is 811 g/mol. The maximum Gasteiger partial charge on any atom is 0.514 e. The third kappa shape index (κ3) is 5.23. The number of ether oxygens (including phenoxy) is 6. The van der Waals surface area contributed by atoms with E-state index in [1.165, 1.54) is 17.8 Å². The van der Waals surface area contributed by atoms with E-state index in [9.17, 15) is 19.8 Å². The Morgan fingerprint density at radius 2 is 1.97 bits per heavy atom. The third-order valence-corrected chi connectivity index (χ3v) is 14.6. The number of hydrogen-bond donors (Lipinski definition) is 4. The molecule has 0 saturated carbocycles. The molecule has 2 saturated heterocycles. The van der Waals surface area contributed by atoms with Gasteiger partial charge in [-0.1, -0.05) is 36.9 Å². The normalized spacial score (nSPS) is 28.6. The van der Waals surface area contributed by atoms with Crippen molar-refractivity contribution in [3.63, 3.8) is 0 Å². The molecular formula is C43H46N4O10S. The first kappa shape index (κ1) is 37.5. The highest BCUT2D eigenvalue weighted by Crippen LogP contribution is 2.64. The summed E-state index contributed by atoms with van der Waals surface area (Å²) >= 11 is 1.54. The summed E-state index contributed by atoms with van der Waals surface area (Å²) in [5.41, 5.74) is 5.91. The molecule has 0 aliphatic carbocycles. The van der Waals surface area contributed by atoms with Gasteiger partial charge < -0.3 is 43.6 Å². The fraction of sp³-hybridized carbons (Fsp3) is 0.442. The van der Waals surface area contributed by atoms with Gasteiger partial charge in [0.1, 0.15) is 30.7 Å². The summed E-state index contributed by atoms with van der Waals surface area (Å²) < 4.78 is 36.3. The highest BCUT2D eigenvalue weighted by Gasteiger charge is 2.61. The Kier molecular flexibility index (Phi) is 9.00. The van der Waals surface area contributed by atoms with Crippen molar-refractivity contribution in [2.45, 2.75) is 67.9 Å². The maximum absolute atomic E-state index is 14.9. The Labute approximate surface area is 339 Å². The number of H-pyrrole nitrogens is 1. The number of rotatable bonds is 4. The number of carbonyl (C=O) groups is 2. The van der Waals surface area contributed by atoms with Crippen molar-refractivity contribution in [2.75, 3.05) is 53.1 Å². The lowest BCUT2D eigenvalue weighted by Gasteiger charge is -2.61. The summed E-state index contributed by atoms with van der Waals surface area (Å²) in [4.78, 5) is 36.2. The van der Waals surface area contributed by atoms with Gasteiger partial charge in [0.15, 0.2) is 28.8 Å². The molecule has 11 rings (SSSR count). The highest BCUT2D eigenvalue weighted by molar-refractivity contribution is 7.99. The van der Waals surface area contributed by atoms with E-state index in [4.69, 9.17) is 28.4 Å². The number of hydrogen-bond acceptors (Lipinski definition) is 14. The van der Waals surface area contributed by atoms with E-state index in [-0.39, 0.29) is 55.7 Å². The van der Waals surface area contributed by atoms with Crippen molar-refractivity contribution in [1.29, 1.82) is 0 Å². The van der Waals surface area contributed by atoms with Crippen molar-refractivity contribution in [3.8, 4) is 28.7 Å². The number of nitrogens with one attached hydrogen (secondary N) is 2. The fourth-order valence-electron chi connectivity index (χ4n) is 10.7. The monoisotopic (exact) mass is 810 g/mol. The van der Waals surface area contributed by atoms with E-state index in [1.807, 2.05) is 45.2 Å². The van der Waals surface area contributed by atoms with Crippen LogP contribution in [0.5, 0.6) is 28.7 Å². The summed E-state index contributed by atoms with van der Waals surface area (Å²) in [7, 11) is 3.52. The Morgan fingerprint density at radius 3 is 2.78 bits per heavy atom. The van der Waals surface area contributed by atoms with Crippen molar-refractivity contribution in [3.05, 3.63) is 87.6 Å². The first-order valence-electron chi connectivity index (χ1n) is 19.7. The van der Waals surface area contributed by atoms with Crippen LogP contribution in [0.15, 0.2) is 43.0 Å². The molecule has 7 aliphatic rings. The predicted octanol–water partition coefficient (Wildman–Crippen LogP) is 5.00. The molecule has 3 aromatic carbocycles. The molecule has 8 heterocycles. The number of piperazine rings is 1. The van der Waals surface area contributed by atoms with Crippen LogP contribution in [0.25, 0.3) is 10.9 Å². The second kappa shape index (κ2) is 13.9. The number of aliphatic hydroxyl groups excluding tert-OH is 1. The van der Waals surface area contributed by atoms with Crippen LogP contribution in [0.1, 0.15) is 62.0 Å². The maximum atomic E-state index is 14.9. The zero-order valence-electron chi connectivity index (χ0n) is 32.8. The summed E-state index contributed by atoms with van der Waals surface area (Å²) in [6.07, 6.45) is 0.724. The van der Waals surface area contributed by atoms with E-state index in [1.54, 1.807) is 7.11 Å². The minimum Gasteiger partial charge on any atom is -0.504 e. The van der Waals surface area contributed by atoms with Crippen molar-refractivity contribution in [1.82, 2.24) is 20.1 Å². The summed E-state index contributed by atoms with van der Waals surface area (Å²) in [5, 5.41) is 29.0. The SMILES string of the molecule is C=CCOC(=O)Oc1c(C)c2c(c3c1[C@H]1SC[C@]4(NCCc5c4[nH]c4ccccc54)C(=O)COC[C@@H]3N3C1[C@@H]1c4c(cc(C)c(OC)c4O)C[C@H]([C@@H]3O)N1C)OCO2. The van der Waals surface area contributed by atoms with E-state index in [2.05, 4.69) is 32.7 Å². The number of aromatic nitrogens is 1. The molecule has 0 amide bonds. The molecule has 4 bridgehead atoms. The van der Waals surface area contributed by atoms with Gasteiger partial charge in [0, 0.05) is 57.2 Å². The van der Waals surface area contributed by atoms with Gasteiger partial charge in [0.05, 0.1) is 37.1 Å². The van der Waals surface area contributed by atoms with Crippen LogP contribution in [0.2, 0.25) is 0 Å². The lowest BCUT2D eigenvalue weighted by molar-refractivity contribution is -0.181. The molecule has 1 unspecified atom stereocenters. The van der Waals surface area contributed by atoms with Crippen LogP contribution in [-0.2, 0) is 32.6 Å². The molecule has 0 radical (unpaired) electrons. The molecule has 1 spiro atoms. The number of phenols is 1. The van der Waals surface area contributed by atoms with Crippen LogP contribution in [-0.4, -0.2) is 108 Å². The second-order valence-corrected chi connectivity index (χ2v) is 17.1. The second-order valence-electron chi connectivity index (χ2n) is 16.0. The molecule has 58 heavy (non-hydrogen) atoms. The van der Waals surface area contributed by atoms with Crippen LogP contribution in [0.4, 0.5) is 4.79 Å². The van der Waals surface area contributed by atoms with Crippen LogP contribution >= 0.6 is 11.8 Å². The number of aliphatic hydroxyl groups is 1. The van der Waals surface area contributed by atoms with E-state index in [0.717, 1.165) is 39.7 Å². The summed E-state index contributed by atoms with van der Waals surface area (Å²) in [6, 6.07) is 7.98. The number of Topliss-reactive ketones (excluding diaryl/α,β-unsaturated/α-hetero) is 1. The van der Waals surface area contributed by atoms with Crippen molar-refractivity contribution < 1.29 is 48.2 Å². The first-order valence-corrected chi connectivity index (χ1v) is 20.7. The minimum absolute atomic E-state index is 0.0161. The molecule has 4 aromatic rings. The van der Waals surface area contributed by atoms with Crippen LogP contribution < -0.4 is 24.3 Å². The van der Waals surface area contributed by atoms with E-state index in [0.29, 0.717) is 52.5 Å². The number of thioether (sulfide) groups is 1. The molecule has 1 aromatic heterocycles. The molecule has 15 heteroatoms. The van der Waals surface area contributed by atoms with Gasteiger partial charge in [-0.05, 0) is 56.5 Å². The molecule has 4 N–H and O–H groups in total. The summed E-state index contributed by atoms with van der Waals surface area (Å²) in [6.45, 7) is 7.62. The fourth-order valence-corrected chi connectivity index (χ4v) is 12.4. The zero-order chi connectivity index (χ0) is 40.2. The smallest absolute Gasteiger partial charge is 0.504 e. The van der Waals surface area contributed by atoms with Gasteiger partial charge >= 0.3 is 6.16 Å². The molecular weight excluding hydrogens is 765 g/mol. The number of fused-ring (bicyclic) bond motifs is 12. The predicted molar refractivity (Wildman–Crippen MR) is 214 cm³/mol. The molecule has 14 nitrogen and oxygen atoms in total. The Hall–Kier alpha value is -4.77. The van der Waals surface area contributed by atoms with E-state index >= 15 is 0 Å². The number of ketones is 1. The van der Waals surface area contributed by atoms with Gasteiger partial charge in [-0.2, -0.15) is 0 Å². The van der Waals surface area contributed by atoms with E-state index < -0.39 is 41.3 Å². The van der Waals surface area contributed by atoms with Gasteiger partial charge in [0.25, 0.3) is 0 Å². The number of phenolic OH excluding ortho intramolecular Hbond substituents is 1. The topological polar surface area (TPSA) is 164 Å². The van der Waals surface area contributed by atoms with Crippen LogP contribution in [0, 0.1) is 13.8 Å². The summed E-state index contributed by atoms with van der Waals surface area (Å²) in [5.74, 6) is 1.70. The minimum atomic E-state index is -1.19. The van der Waals surface area contributed by atoms with Gasteiger partial charge in [-0.15, -0.1) is 11.8 Å². The number of carbonyl (C=O) groups excluding carboxylic acids is 2. The molecule has 304 valence electrons. The lowest BCUT2D eigenvalue weighted by atomic mass is 9.73. The van der Waals surface area contributed by atoms with Gasteiger partial charge in [-0.25, -0.2) is 4.79 Å². The lowest BCUT2D eigenvalue weighted by Crippen LogP contribution is -2.69. The quantitative estimate of drug-likeness (QED) is 0.124. The Morgan fingerprint density at radius 1 is 1.16 bits per heavy atom. The number of aromatic hydroxyl groups is 1. The first-order chi connectivity index (χ1) is 28.1. The Bertz CT molecular complexity index is 2400. The Balaban J connectivity index is 1.24. The number of methoxy groups -OCH3 is 1.